The van der Waals surface area contributed by atoms with E-state index in [-0.39, 0.29) is 5.91 Å². The Balaban J connectivity index is 1.66. The summed E-state index contributed by atoms with van der Waals surface area (Å²) in [5, 5.41) is 3.29. The Morgan fingerprint density at radius 3 is 2.95 bits per heavy atom. The maximum Gasteiger partial charge on any atom is 0.243 e. The van der Waals surface area contributed by atoms with E-state index in [0.717, 1.165) is 25.0 Å². The molecule has 1 aliphatic carbocycles. The first-order chi connectivity index (χ1) is 10.3. The van der Waals surface area contributed by atoms with E-state index >= 15 is 0 Å². The van der Waals surface area contributed by atoms with E-state index in [0.29, 0.717) is 18.9 Å². The molecule has 0 bridgehead atoms. The van der Waals surface area contributed by atoms with Crippen molar-refractivity contribution in [2.24, 2.45) is 0 Å². The first kappa shape index (κ1) is 16.4. The average Bonchev–Trinajstić information content (AvgIpc) is 2.97. The van der Waals surface area contributed by atoms with Gasteiger partial charge in [0, 0.05) is 17.7 Å². The highest BCUT2D eigenvalue weighted by molar-refractivity contribution is 7.09. The number of nitrogens with zero attached hydrogens (tertiary/aromatic N) is 1. The Hall–Kier alpha value is -0.940. The summed E-state index contributed by atoms with van der Waals surface area (Å²) >= 11 is 1.73. The number of nitrogens with one attached hydrogen (secondary N) is 1. The van der Waals surface area contributed by atoms with Crippen molar-refractivity contribution >= 4 is 17.2 Å². The number of hydrogen-bond acceptors (Lipinski definition) is 4. The predicted octanol–water partition coefficient (Wildman–Crippen LogP) is 4.32. The molecule has 1 amide bonds. The highest BCUT2D eigenvalue weighted by atomic mass is 32.1. The predicted molar refractivity (Wildman–Crippen MR) is 85.0 cm³/mol. The van der Waals surface area contributed by atoms with E-state index in [4.69, 9.17) is 4.84 Å². The number of aromatic nitrogens is 1. The lowest BCUT2D eigenvalue weighted by Crippen LogP contribution is -2.23. The van der Waals surface area contributed by atoms with E-state index in [2.05, 4.69) is 17.4 Å². The van der Waals surface area contributed by atoms with E-state index in [9.17, 15) is 4.79 Å². The van der Waals surface area contributed by atoms with Crippen molar-refractivity contribution in [3.8, 4) is 0 Å². The molecule has 4 nitrogen and oxygen atoms in total. The molecule has 118 valence electrons. The molecule has 0 saturated heterocycles. The third kappa shape index (κ3) is 5.75. The fourth-order valence-corrected chi connectivity index (χ4v) is 3.68. The van der Waals surface area contributed by atoms with Crippen LogP contribution in [-0.2, 0) is 16.2 Å². The third-order valence-corrected chi connectivity index (χ3v) is 4.99. The number of thiazole rings is 1. The summed E-state index contributed by atoms with van der Waals surface area (Å²) < 4.78 is 0. The highest BCUT2D eigenvalue weighted by Gasteiger charge is 2.18. The Bertz CT molecular complexity index is 428. The molecule has 21 heavy (non-hydrogen) atoms. The van der Waals surface area contributed by atoms with Gasteiger partial charge in [-0.3, -0.25) is 9.63 Å². The van der Waals surface area contributed by atoms with Crippen LogP contribution in [0.25, 0.3) is 0 Å². The molecule has 1 aromatic heterocycles. The van der Waals surface area contributed by atoms with Gasteiger partial charge in [0.1, 0.15) is 6.61 Å². The van der Waals surface area contributed by atoms with Gasteiger partial charge >= 0.3 is 0 Å². The highest BCUT2D eigenvalue weighted by Crippen LogP contribution is 2.34. The molecule has 1 heterocycles. The van der Waals surface area contributed by atoms with Gasteiger partial charge in [0.05, 0.1) is 10.7 Å². The van der Waals surface area contributed by atoms with Crippen molar-refractivity contribution in [1.29, 1.82) is 0 Å². The Morgan fingerprint density at radius 1 is 1.38 bits per heavy atom. The van der Waals surface area contributed by atoms with Crippen LogP contribution in [0, 0.1) is 0 Å². The fourth-order valence-electron chi connectivity index (χ4n) is 2.70. The van der Waals surface area contributed by atoms with Crippen molar-refractivity contribution in [3.05, 3.63) is 16.1 Å². The molecular weight excluding hydrogens is 284 g/mol. The van der Waals surface area contributed by atoms with Gasteiger partial charge < -0.3 is 0 Å². The van der Waals surface area contributed by atoms with Crippen LogP contribution in [0.2, 0.25) is 0 Å². The molecule has 5 heteroatoms. The third-order valence-electron chi connectivity index (χ3n) is 3.94. The van der Waals surface area contributed by atoms with Crippen LogP contribution >= 0.6 is 11.3 Å². The minimum atomic E-state index is -0.0359. The molecule has 2 rings (SSSR count). The number of carbonyl (C=O) groups is 1. The lowest BCUT2D eigenvalue weighted by atomic mass is 9.90. The maximum absolute atomic E-state index is 11.5. The molecule has 0 spiro atoms. The Kier molecular flexibility index (Phi) is 7.16. The number of hydroxylamine groups is 1. The number of rotatable bonds is 8. The number of hydrogen-bond donors (Lipinski definition) is 1. The molecule has 1 fully saturated rings. The number of unbranched alkanes of at least 4 members (excludes halogenated alkanes) is 2. The molecule has 0 atom stereocenters. The van der Waals surface area contributed by atoms with E-state index in [1.165, 1.54) is 37.1 Å². The monoisotopic (exact) mass is 310 g/mol. The molecular formula is C16H26N2O2S. The summed E-state index contributed by atoms with van der Waals surface area (Å²) in [5.74, 6) is 0.604. The molecule has 0 aromatic carbocycles. The zero-order chi connectivity index (χ0) is 14.9. The van der Waals surface area contributed by atoms with Gasteiger partial charge in [-0.15, -0.1) is 11.3 Å². The van der Waals surface area contributed by atoms with E-state index in [1.54, 1.807) is 11.3 Å². The smallest absolute Gasteiger partial charge is 0.243 e. The summed E-state index contributed by atoms with van der Waals surface area (Å²) in [4.78, 5) is 21.4. The standard InChI is InChI=1S/C16H26N2O2S/c1-2-3-5-10-15(19)18-20-11-14-12-21-16(17-14)13-8-6-4-7-9-13/h12-13H,2-11H2,1H3,(H,18,19). The largest absolute Gasteiger partial charge is 0.273 e. The average molecular weight is 310 g/mol. The van der Waals surface area contributed by atoms with Gasteiger partial charge in [-0.2, -0.15) is 0 Å². The fraction of sp³-hybridized carbons (Fsp3) is 0.750. The zero-order valence-electron chi connectivity index (χ0n) is 12.9. The molecule has 0 aliphatic heterocycles. The topological polar surface area (TPSA) is 51.2 Å². The molecule has 1 aliphatic rings. The number of carbonyl (C=O) groups excluding carboxylic acids is 1. The second kappa shape index (κ2) is 9.15. The first-order valence-corrected chi connectivity index (χ1v) is 9.02. The van der Waals surface area contributed by atoms with Crippen LogP contribution in [-0.4, -0.2) is 10.9 Å². The van der Waals surface area contributed by atoms with E-state index < -0.39 is 0 Å². The van der Waals surface area contributed by atoms with Crippen molar-refractivity contribution < 1.29 is 9.63 Å². The second-order valence-electron chi connectivity index (χ2n) is 5.78. The molecule has 0 radical (unpaired) electrons. The van der Waals surface area contributed by atoms with Crippen molar-refractivity contribution in [3.63, 3.8) is 0 Å². The molecule has 1 saturated carbocycles. The Morgan fingerprint density at radius 2 is 2.19 bits per heavy atom. The summed E-state index contributed by atoms with van der Waals surface area (Å²) in [5.41, 5.74) is 3.43. The lowest BCUT2D eigenvalue weighted by Gasteiger charge is -2.18. The molecule has 1 N–H and O–H groups in total. The van der Waals surface area contributed by atoms with Gasteiger partial charge in [0.25, 0.3) is 0 Å². The quantitative estimate of drug-likeness (QED) is 0.574. The second-order valence-corrected chi connectivity index (χ2v) is 6.67. The van der Waals surface area contributed by atoms with Gasteiger partial charge in [-0.1, -0.05) is 39.0 Å². The molecule has 1 aromatic rings. The van der Waals surface area contributed by atoms with E-state index in [1.807, 2.05) is 5.38 Å². The summed E-state index contributed by atoms with van der Waals surface area (Å²) in [7, 11) is 0. The Labute approximate surface area is 131 Å². The minimum Gasteiger partial charge on any atom is -0.273 e. The van der Waals surface area contributed by atoms with Crippen LogP contribution in [0.4, 0.5) is 0 Å². The lowest BCUT2D eigenvalue weighted by molar-refractivity contribution is -0.134. The van der Waals surface area contributed by atoms with Crippen LogP contribution < -0.4 is 5.48 Å². The normalized spacial score (nSPS) is 16.0. The minimum absolute atomic E-state index is 0.0359. The summed E-state index contributed by atoms with van der Waals surface area (Å²) in [6, 6.07) is 0. The van der Waals surface area contributed by atoms with Crippen molar-refractivity contribution in [2.75, 3.05) is 0 Å². The van der Waals surface area contributed by atoms with Gasteiger partial charge in [-0.25, -0.2) is 10.5 Å². The van der Waals surface area contributed by atoms with Crippen LogP contribution in [0.5, 0.6) is 0 Å². The maximum atomic E-state index is 11.5. The zero-order valence-corrected chi connectivity index (χ0v) is 13.7. The van der Waals surface area contributed by atoms with Gasteiger partial charge in [0.15, 0.2) is 0 Å². The van der Waals surface area contributed by atoms with Gasteiger partial charge in [-0.05, 0) is 19.3 Å². The van der Waals surface area contributed by atoms with Gasteiger partial charge in [0.2, 0.25) is 5.91 Å². The summed E-state index contributed by atoms with van der Waals surface area (Å²) in [6.45, 7) is 2.49. The van der Waals surface area contributed by atoms with Crippen molar-refractivity contribution in [1.82, 2.24) is 10.5 Å². The SMILES string of the molecule is CCCCCC(=O)NOCc1csc(C2CCCCC2)n1. The van der Waals surface area contributed by atoms with Crippen LogP contribution in [0.1, 0.15) is 81.3 Å². The van der Waals surface area contributed by atoms with Crippen molar-refractivity contribution in [2.45, 2.75) is 77.2 Å². The van der Waals surface area contributed by atoms with Crippen LogP contribution in [0.3, 0.4) is 0 Å². The summed E-state index contributed by atoms with van der Waals surface area (Å²) in [6.07, 6.45) is 10.2. The number of amides is 1. The van der Waals surface area contributed by atoms with Crippen LogP contribution in [0.15, 0.2) is 5.38 Å². The molecule has 0 unspecified atom stereocenters. The first-order valence-electron chi connectivity index (χ1n) is 8.14.